The second kappa shape index (κ2) is 7.23. The van der Waals surface area contributed by atoms with Crippen molar-refractivity contribution >= 4 is 28.2 Å². The van der Waals surface area contributed by atoms with Gasteiger partial charge in [0.25, 0.3) is 0 Å². The largest absolute Gasteiger partial charge is 0.420 e. The first-order valence-electron chi connectivity index (χ1n) is 9.18. The van der Waals surface area contributed by atoms with Gasteiger partial charge in [-0.3, -0.25) is 9.36 Å². The van der Waals surface area contributed by atoms with Gasteiger partial charge in [-0.05, 0) is 36.6 Å². The predicted octanol–water partition coefficient (Wildman–Crippen LogP) is 4.29. The van der Waals surface area contributed by atoms with E-state index in [1.165, 1.54) is 15.9 Å². The maximum absolute atomic E-state index is 12.7. The molecule has 0 bridgehead atoms. The van der Waals surface area contributed by atoms with Gasteiger partial charge in [0, 0.05) is 22.1 Å². The number of benzene rings is 2. The number of fused-ring (bicyclic) bond motifs is 1. The Bertz CT molecular complexity index is 1410. The van der Waals surface area contributed by atoms with Crippen LogP contribution in [0.3, 0.4) is 0 Å². The van der Waals surface area contributed by atoms with Crippen LogP contribution in [0.1, 0.15) is 27.4 Å². The number of oxazole rings is 1. The molecule has 2 aromatic carbocycles. The lowest BCUT2D eigenvalue weighted by molar-refractivity contribution is 0.103. The molecule has 5 rings (SSSR count). The zero-order valence-corrected chi connectivity index (χ0v) is 16.7. The highest BCUT2D eigenvalue weighted by Crippen LogP contribution is 2.21. The van der Waals surface area contributed by atoms with Crippen LogP contribution in [0.15, 0.2) is 73.0 Å². The maximum atomic E-state index is 12.7. The van der Waals surface area contributed by atoms with Crippen LogP contribution in [0.2, 0.25) is 0 Å². The molecule has 0 fully saturated rings. The number of hydrogen-bond acceptors (Lipinski definition) is 7. The van der Waals surface area contributed by atoms with Crippen molar-refractivity contribution in [2.24, 2.45) is 0 Å². The van der Waals surface area contributed by atoms with Crippen LogP contribution < -0.4 is 5.76 Å². The average molecular weight is 417 g/mol. The van der Waals surface area contributed by atoms with E-state index in [0.29, 0.717) is 33.9 Å². The first kappa shape index (κ1) is 18.3. The molecule has 148 valence electrons. The van der Waals surface area contributed by atoms with E-state index in [4.69, 9.17) is 8.94 Å². The Balaban J connectivity index is 1.46. The van der Waals surface area contributed by atoms with E-state index in [-0.39, 0.29) is 12.3 Å². The van der Waals surface area contributed by atoms with Crippen molar-refractivity contribution in [2.75, 3.05) is 0 Å². The van der Waals surface area contributed by atoms with Crippen molar-refractivity contribution in [3.63, 3.8) is 0 Å². The molecule has 5 aromatic rings. The van der Waals surface area contributed by atoms with Crippen LogP contribution in [-0.2, 0) is 6.54 Å². The van der Waals surface area contributed by atoms with Gasteiger partial charge in [0.2, 0.25) is 11.7 Å². The molecular formula is C22H15N3O4S. The van der Waals surface area contributed by atoms with Crippen LogP contribution >= 0.6 is 11.3 Å². The standard InChI is InChI=1S/C22H15N3O4S/c1-13-2-4-14(5-3-13)20(26)15-6-7-17-18(10-15)28-22(27)25(17)11-19-23-21(24-29-19)16-8-9-30-12-16/h2-10,12H,11H2,1H3. The summed E-state index contributed by atoms with van der Waals surface area (Å²) >= 11 is 1.54. The second-order valence-corrected chi connectivity index (χ2v) is 7.64. The lowest BCUT2D eigenvalue weighted by atomic mass is 10.0. The van der Waals surface area contributed by atoms with Crippen molar-refractivity contribution in [1.82, 2.24) is 14.7 Å². The zero-order chi connectivity index (χ0) is 20.7. The summed E-state index contributed by atoms with van der Waals surface area (Å²) in [7, 11) is 0. The van der Waals surface area contributed by atoms with Crippen LogP contribution in [-0.4, -0.2) is 20.5 Å². The smallest absolute Gasteiger partial charge is 0.408 e. The minimum atomic E-state index is -0.555. The molecule has 0 atom stereocenters. The maximum Gasteiger partial charge on any atom is 0.420 e. The van der Waals surface area contributed by atoms with E-state index in [2.05, 4.69) is 10.1 Å². The number of hydrogen-bond donors (Lipinski definition) is 0. The van der Waals surface area contributed by atoms with Crippen molar-refractivity contribution < 1.29 is 13.7 Å². The monoisotopic (exact) mass is 417 g/mol. The fourth-order valence-corrected chi connectivity index (χ4v) is 3.83. The Morgan fingerprint density at radius 1 is 1.10 bits per heavy atom. The van der Waals surface area contributed by atoms with Crippen LogP contribution in [0.5, 0.6) is 0 Å². The summed E-state index contributed by atoms with van der Waals surface area (Å²) in [5.74, 6) is 0.0729. The summed E-state index contributed by atoms with van der Waals surface area (Å²) < 4.78 is 12.0. The Hall–Kier alpha value is -3.78. The number of nitrogens with zero attached hydrogens (tertiary/aromatic N) is 3. The summed E-state index contributed by atoms with van der Waals surface area (Å²) in [6.45, 7) is 2.04. The topological polar surface area (TPSA) is 91.1 Å². The molecule has 0 saturated carbocycles. The molecule has 0 N–H and O–H groups in total. The van der Waals surface area contributed by atoms with E-state index < -0.39 is 5.76 Å². The Morgan fingerprint density at radius 3 is 2.67 bits per heavy atom. The van der Waals surface area contributed by atoms with E-state index in [0.717, 1.165) is 11.1 Å². The van der Waals surface area contributed by atoms with Gasteiger partial charge in [-0.1, -0.05) is 35.0 Å². The van der Waals surface area contributed by atoms with Crippen molar-refractivity contribution in [2.45, 2.75) is 13.5 Å². The molecule has 0 saturated heterocycles. The Kier molecular flexibility index (Phi) is 4.40. The fraction of sp³-hybridized carbons (Fsp3) is 0.0909. The second-order valence-electron chi connectivity index (χ2n) is 6.86. The molecule has 0 unspecified atom stereocenters. The SMILES string of the molecule is Cc1ccc(C(=O)c2ccc3c(c2)oc(=O)n3Cc2nc(-c3ccsc3)no2)cc1. The van der Waals surface area contributed by atoms with Gasteiger partial charge in [-0.25, -0.2) is 4.79 Å². The first-order valence-corrected chi connectivity index (χ1v) is 10.1. The summed E-state index contributed by atoms with van der Waals surface area (Å²) in [5, 5.41) is 7.80. The Morgan fingerprint density at radius 2 is 1.90 bits per heavy atom. The van der Waals surface area contributed by atoms with E-state index in [1.54, 1.807) is 30.3 Å². The summed E-state index contributed by atoms with van der Waals surface area (Å²) in [6.07, 6.45) is 0. The highest BCUT2D eigenvalue weighted by Gasteiger charge is 2.17. The highest BCUT2D eigenvalue weighted by molar-refractivity contribution is 7.08. The molecule has 0 aliphatic rings. The minimum Gasteiger partial charge on any atom is -0.408 e. The minimum absolute atomic E-state index is 0.0776. The number of rotatable bonds is 5. The van der Waals surface area contributed by atoms with E-state index in [1.807, 2.05) is 35.9 Å². The molecule has 0 aliphatic heterocycles. The molecule has 3 heterocycles. The molecule has 3 aromatic heterocycles. The summed E-state index contributed by atoms with van der Waals surface area (Å²) in [6, 6.07) is 14.2. The number of ketones is 1. The van der Waals surface area contributed by atoms with Gasteiger partial charge in [-0.2, -0.15) is 16.3 Å². The number of carbonyl (C=O) groups excluding carboxylic acids is 1. The molecule has 8 heteroatoms. The van der Waals surface area contributed by atoms with Crippen LogP contribution in [0.4, 0.5) is 0 Å². The Labute approximate surface area is 174 Å². The lowest BCUT2D eigenvalue weighted by Crippen LogP contribution is -2.15. The molecule has 0 radical (unpaired) electrons. The first-order chi connectivity index (χ1) is 14.6. The van der Waals surface area contributed by atoms with Gasteiger partial charge in [-0.15, -0.1) is 0 Å². The lowest BCUT2D eigenvalue weighted by Gasteiger charge is -2.02. The number of aryl methyl sites for hydroxylation is 1. The van der Waals surface area contributed by atoms with Gasteiger partial charge in [0.1, 0.15) is 6.54 Å². The molecular weight excluding hydrogens is 402 g/mol. The van der Waals surface area contributed by atoms with Gasteiger partial charge in [0.15, 0.2) is 11.4 Å². The molecule has 30 heavy (non-hydrogen) atoms. The fourth-order valence-electron chi connectivity index (χ4n) is 3.19. The quantitative estimate of drug-likeness (QED) is 0.396. The van der Waals surface area contributed by atoms with E-state index in [9.17, 15) is 9.59 Å². The molecule has 0 spiro atoms. The summed E-state index contributed by atoms with van der Waals surface area (Å²) in [4.78, 5) is 29.5. The molecule has 7 nitrogen and oxygen atoms in total. The van der Waals surface area contributed by atoms with Gasteiger partial charge >= 0.3 is 5.76 Å². The molecule has 0 amide bonds. The third-order valence-corrected chi connectivity index (χ3v) is 5.47. The van der Waals surface area contributed by atoms with Crippen LogP contribution in [0, 0.1) is 6.92 Å². The normalized spacial score (nSPS) is 11.2. The third kappa shape index (κ3) is 3.27. The number of thiophene rings is 1. The number of carbonyl (C=O) groups is 1. The third-order valence-electron chi connectivity index (χ3n) is 4.79. The summed E-state index contributed by atoms with van der Waals surface area (Å²) in [5.41, 5.74) is 3.84. The number of aromatic nitrogens is 3. The van der Waals surface area contributed by atoms with E-state index >= 15 is 0 Å². The van der Waals surface area contributed by atoms with Crippen molar-refractivity contribution in [3.05, 3.63) is 92.4 Å². The van der Waals surface area contributed by atoms with Gasteiger partial charge < -0.3 is 8.94 Å². The average Bonchev–Trinajstić information content (AvgIpc) is 3.49. The molecule has 0 aliphatic carbocycles. The predicted molar refractivity (Wildman–Crippen MR) is 112 cm³/mol. The van der Waals surface area contributed by atoms with Crippen LogP contribution in [0.25, 0.3) is 22.5 Å². The van der Waals surface area contributed by atoms with Gasteiger partial charge in [0.05, 0.1) is 5.52 Å². The highest BCUT2D eigenvalue weighted by atomic mass is 32.1. The van der Waals surface area contributed by atoms with Crippen molar-refractivity contribution in [3.8, 4) is 11.4 Å². The zero-order valence-electron chi connectivity index (χ0n) is 15.9. The van der Waals surface area contributed by atoms with Crippen molar-refractivity contribution in [1.29, 1.82) is 0 Å².